The molecule has 2 aromatic carbocycles. The number of nitrogens with one attached hydrogen (secondary N) is 1. The van der Waals surface area contributed by atoms with Crippen molar-refractivity contribution in [3.8, 4) is 22.8 Å². The Kier molecular flexibility index (Phi) is 4.68. The van der Waals surface area contributed by atoms with Crippen LogP contribution in [-0.2, 0) is 11.3 Å². The second-order valence-corrected chi connectivity index (χ2v) is 8.16. The van der Waals surface area contributed by atoms with Gasteiger partial charge in [0.25, 0.3) is 5.91 Å². The number of fused-ring (bicyclic) bond motifs is 2. The third kappa shape index (κ3) is 3.36. The maximum Gasteiger partial charge on any atom is 0.419 e. The Morgan fingerprint density at radius 3 is 2.43 bits per heavy atom. The largest absolute Gasteiger partial charge is 0.497 e. The lowest BCUT2D eigenvalue weighted by Gasteiger charge is -2.21. The fraction of sp³-hybridized carbons (Fsp3) is 0.304. The zero-order valence-electron chi connectivity index (χ0n) is 17.7. The van der Waals surface area contributed by atoms with Gasteiger partial charge in [0, 0.05) is 17.5 Å². The summed E-state index contributed by atoms with van der Waals surface area (Å²) in [4.78, 5) is 25.8. The van der Waals surface area contributed by atoms with Crippen molar-refractivity contribution in [2.45, 2.75) is 32.9 Å². The van der Waals surface area contributed by atoms with Crippen molar-refractivity contribution < 1.29 is 23.8 Å². The molecule has 3 aromatic rings. The summed E-state index contributed by atoms with van der Waals surface area (Å²) in [6.07, 6.45) is -0.521. The minimum absolute atomic E-state index is 0.179. The molecule has 30 heavy (non-hydrogen) atoms. The van der Waals surface area contributed by atoms with Crippen LogP contribution >= 0.6 is 0 Å². The van der Waals surface area contributed by atoms with Gasteiger partial charge in [0.1, 0.15) is 17.1 Å². The second kappa shape index (κ2) is 7.09. The fourth-order valence-electron chi connectivity index (χ4n) is 3.69. The normalized spacial score (nSPS) is 13.2. The molecule has 156 valence electrons. The molecule has 0 saturated heterocycles. The van der Waals surface area contributed by atoms with Crippen LogP contribution in [0.1, 0.15) is 36.7 Å². The molecule has 0 radical (unpaired) electrons. The van der Waals surface area contributed by atoms with Gasteiger partial charge < -0.3 is 19.5 Å². The molecule has 0 saturated carbocycles. The van der Waals surface area contributed by atoms with E-state index in [4.69, 9.17) is 14.2 Å². The Balaban J connectivity index is 2.02. The van der Waals surface area contributed by atoms with Gasteiger partial charge in [0.15, 0.2) is 0 Å². The van der Waals surface area contributed by atoms with E-state index in [1.54, 1.807) is 26.4 Å². The molecule has 1 N–H and O–H groups in total. The van der Waals surface area contributed by atoms with Gasteiger partial charge in [0.05, 0.1) is 31.0 Å². The van der Waals surface area contributed by atoms with Crippen molar-refractivity contribution in [3.63, 3.8) is 0 Å². The van der Waals surface area contributed by atoms with Gasteiger partial charge in [0.2, 0.25) is 0 Å². The number of aromatic nitrogens is 1. The first-order valence-corrected chi connectivity index (χ1v) is 9.64. The highest BCUT2D eigenvalue weighted by atomic mass is 16.6. The second-order valence-electron chi connectivity index (χ2n) is 8.16. The Labute approximate surface area is 174 Å². The first-order valence-electron chi connectivity index (χ1n) is 9.64. The van der Waals surface area contributed by atoms with Crippen molar-refractivity contribution in [3.05, 3.63) is 47.5 Å². The third-order valence-electron chi connectivity index (χ3n) is 4.96. The summed E-state index contributed by atoms with van der Waals surface area (Å²) < 4.78 is 18.0. The van der Waals surface area contributed by atoms with Crippen molar-refractivity contribution in [2.75, 3.05) is 14.2 Å². The van der Waals surface area contributed by atoms with E-state index in [1.807, 2.05) is 45.0 Å². The summed E-state index contributed by atoms with van der Waals surface area (Å²) in [6.45, 7) is 5.86. The Bertz CT molecular complexity index is 1170. The molecular weight excluding hydrogens is 384 g/mol. The highest BCUT2D eigenvalue weighted by molar-refractivity contribution is 6.07. The summed E-state index contributed by atoms with van der Waals surface area (Å²) >= 11 is 0. The van der Waals surface area contributed by atoms with E-state index in [1.165, 1.54) is 4.57 Å². The van der Waals surface area contributed by atoms with Gasteiger partial charge in [-0.25, -0.2) is 9.36 Å². The SMILES string of the molecule is COc1cc2c(c(-c3cc4cc(OC)ccc4n3C(=O)OC(C)(C)C)c1)C(=O)NC2. The molecule has 0 fully saturated rings. The predicted molar refractivity (Wildman–Crippen MR) is 113 cm³/mol. The first-order chi connectivity index (χ1) is 14.2. The van der Waals surface area contributed by atoms with Crippen LogP contribution in [0.4, 0.5) is 4.79 Å². The van der Waals surface area contributed by atoms with Crippen LogP contribution in [0, 0.1) is 0 Å². The molecule has 4 rings (SSSR count). The molecule has 7 heteroatoms. The molecular formula is C23H24N2O5. The van der Waals surface area contributed by atoms with Crippen LogP contribution < -0.4 is 14.8 Å². The highest BCUT2D eigenvalue weighted by Gasteiger charge is 2.29. The van der Waals surface area contributed by atoms with E-state index in [2.05, 4.69) is 5.32 Å². The maximum atomic E-state index is 13.2. The molecule has 0 spiro atoms. The first kappa shape index (κ1) is 19.8. The van der Waals surface area contributed by atoms with Gasteiger partial charge in [-0.15, -0.1) is 0 Å². The van der Waals surface area contributed by atoms with Crippen LogP contribution in [0.3, 0.4) is 0 Å². The highest BCUT2D eigenvalue weighted by Crippen LogP contribution is 2.37. The lowest BCUT2D eigenvalue weighted by Crippen LogP contribution is -2.27. The van der Waals surface area contributed by atoms with Crippen molar-refractivity contribution in [1.29, 1.82) is 0 Å². The van der Waals surface area contributed by atoms with E-state index < -0.39 is 11.7 Å². The molecule has 7 nitrogen and oxygen atoms in total. The standard InChI is InChI=1S/C23H24N2O5/c1-23(2,3)30-22(27)25-18-7-6-15(28-4)8-13(18)10-19(25)17-11-16(29-5)9-14-12-24-21(26)20(14)17/h6-11H,12H2,1-5H3,(H,24,26). The van der Waals surface area contributed by atoms with Gasteiger partial charge in [-0.3, -0.25) is 4.79 Å². The number of carbonyl (C=O) groups is 2. The molecule has 0 atom stereocenters. The molecule has 1 aliphatic heterocycles. The molecule has 0 bridgehead atoms. The Morgan fingerprint density at radius 1 is 1.03 bits per heavy atom. The van der Waals surface area contributed by atoms with E-state index in [9.17, 15) is 9.59 Å². The minimum atomic E-state index is -0.675. The summed E-state index contributed by atoms with van der Waals surface area (Å²) in [5.74, 6) is 1.10. The van der Waals surface area contributed by atoms with Crippen LogP contribution in [0.2, 0.25) is 0 Å². The van der Waals surface area contributed by atoms with Crippen LogP contribution in [0.25, 0.3) is 22.2 Å². The lowest BCUT2D eigenvalue weighted by atomic mass is 9.99. The van der Waals surface area contributed by atoms with Crippen molar-refractivity contribution >= 4 is 22.9 Å². The number of methoxy groups -OCH3 is 2. The summed E-state index contributed by atoms with van der Waals surface area (Å²) in [5, 5.41) is 3.64. The molecule has 1 aromatic heterocycles. The number of rotatable bonds is 3. The quantitative estimate of drug-likeness (QED) is 0.697. The maximum absolute atomic E-state index is 13.2. The molecule has 0 unspecified atom stereocenters. The van der Waals surface area contributed by atoms with Gasteiger partial charge >= 0.3 is 6.09 Å². The smallest absolute Gasteiger partial charge is 0.419 e. The van der Waals surface area contributed by atoms with Gasteiger partial charge in [-0.05, 0) is 62.7 Å². The zero-order valence-corrected chi connectivity index (χ0v) is 17.7. The predicted octanol–water partition coefficient (Wildman–Crippen LogP) is 4.35. The average Bonchev–Trinajstić information content (AvgIpc) is 3.26. The van der Waals surface area contributed by atoms with E-state index >= 15 is 0 Å². The number of hydrogen-bond acceptors (Lipinski definition) is 5. The van der Waals surface area contributed by atoms with E-state index in [-0.39, 0.29) is 5.91 Å². The number of amides is 1. The van der Waals surface area contributed by atoms with Gasteiger partial charge in [-0.2, -0.15) is 0 Å². The van der Waals surface area contributed by atoms with E-state index in [0.717, 1.165) is 10.9 Å². The summed E-state index contributed by atoms with van der Waals surface area (Å²) in [5.41, 5.74) is 2.52. The number of hydrogen-bond donors (Lipinski definition) is 1. The van der Waals surface area contributed by atoms with Crippen LogP contribution in [0.5, 0.6) is 11.5 Å². The minimum Gasteiger partial charge on any atom is -0.497 e. The number of carbonyl (C=O) groups excluding carboxylic acids is 2. The monoisotopic (exact) mass is 408 g/mol. The molecule has 2 heterocycles. The van der Waals surface area contributed by atoms with Gasteiger partial charge in [-0.1, -0.05) is 0 Å². The Morgan fingerprint density at radius 2 is 1.77 bits per heavy atom. The average molecular weight is 408 g/mol. The summed E-state index contributed by atoms with van der Waals surface area (Å²) in [6, 6.07) is 10.9. The molecule has 1 amide bonds. The topological polar surface area (TPSA) is 78.8 Å². The van der Waals surface area contributed by atoms with E-state index in [0.29, 0.717) is 40.4 Å². The number of nitrogens with zero attached hydrogens (tertiary/aromatic N) is 1. The van der Waals surface area contributed by atoms with Crippen molar-refractivity contribution in [1.82, 2.24) is 9.88 Å². The number of ether oxygens (including phenoxy) is 3. The van der Waals surface area contributed by atoms with Crippen LogP contribution in [0.15, 0.2) is 36.4 Å². The van der Waals surface area contributed by atoms with Crippen molar-refractivity contribution in [2.24, 2.45) is 0 Å². The van der Waals surface area contributed by atoms with Crippen LogP contribution in [-0.4, -0.2) is 36.4 Å². The summed E-state index contributed by atoms with van der Waals surface area (Å²) in [7, 11) is 3.16. The lowest BCUT2D eigenvalue weighted by molar-refractivity contribution is 0.0547. The molecule has 1 aliphatic rings. The molecule has 0 aliphatic carbocycles. The zero-order chi connectivity index (χ0) is 21.6. The fourth-order valence-corrected chi connectivity index (χ4v) is 3.69. The Hall–Kier alpha value is -3.48. The number of benzene rings is 2. The third-order valence-corrected chi connectivity index (χ3v) is 4.96.